The molecule has 0 unspecified atom stereocenters. The number of allylic oxidation sites excluding steroid dienone is 2. The van der Waals surface area contributed by atoms with E-state index in [1.54, 1.807) is 31.2 Å². The lowest BCUT2D eigenvalue weighted by Crippen LogP contribution is -2.50. The van der Waals surface area contributed by atoms with Gasteiger partial charge in [-0.1, -0.05) is 58.5 Å². The van der Waals surface area contributed by atoms with Gasteiger partial charge in [0.25, 0.3) is 0 Å². The van der Waals surface area contributed by atoms with E-state index in [1.165, 1.54) is 30.2 Å². The lowest BCUT2D eigenvalue weighted by molar-refractivity contribution is -0.139. The number of halogens is 6. The van der Waals surface area contributed by atoms with E-state index in [9.17, 15) is 19.2 Å². The fourth-order valence-electron chi connectivity index (χ4n) is 6.33. The maximum atomic E-state index is 13.7. The number of esters is 1. The zero-order valence-corrected chi connectivity index (χ0v) is 26.3. The van der Waals surface area contributed by atoms with Crippen LogP contribution < -0.4 is 19.3 Å². The average Bonchev–Trinajstić information content (AvgIpc) is 3.54. The number of aryl methyl sites for hydroxylation is 1. The number of methoxy groups -OCH3 is 1. The molecule has 5 atom stereocenters. The van der Waals surface area contributed by atoms with Gasteiger partial charge in [-0.2, -0.15) is 0 Å². The molecule has 6 rings (SSSR count). The number of nitrogens with zero attached hydrogens (tertiary/aromatic N) is 2. The van der Waals surface area contributed by atoms with Crippen molar-refractivity contribution in [3.05, 3.63) is 58.1 Å². The minimum absolute atomic E-state index is 0.0321. The molecule has 8 nitrogen and oxygen atoms in total. The third kappa shape index (κ3) is 3.69. The number of alkyl halides is 4. The quantitative estimate of drug-likeness (QED) is 0.167. The summed E-state index contributed by atoms with van der Waals surface area (Å²) in [5, 5.41) is -0.354. The highest BCUT2D eigenvalue weighted by Crippen LogP contribution is 2.77. The van der Waals surface area contributed by atoms with Gasteiger partial charge in [0.15, 0.2) is 4.33 Å². The Morgan fingerprint density at radius 3 is 2.07 bits per heavy atom. The van der Waals surface area contributed by atoms with E-state index in [1.807, 2.05) is 0 Å². The summed E-state index contributed by atoms with van der Waals surface area (Å²) in [6.07, 6.45) is -0.0321. The van der Waals surface area contributed by atoms with Gasteiger partial charge >= 0.3 is 5.97 Å². The zero-order valence-electron chi connectivity index (χ0n) is 21.8. The van der Waals surface area contributed by atoms with Crippen LogP contribution in [0.2, 0.25) is 0 Å². The first kappa shape index (κ1) is 29.9. The van der Waals surface area contributed by atoms with E-state index in [2.05, 4.69) is 0 Å². The average molecular weight is 693 g/mol. The van der Waals surface area contributed by atoms with E-state index in [0.29, 0.717) is 17.0 Å². The second-order valence-corrected chi connectivity index (χ2v) is 13.8. The van der Waals surface area contributed by atoms with E-state index in [-0.39, 0.29) is 40.4 Å². The summed E-state index contributed by atoms with van der Waals surface area (Å²) < 4.78 is 8.91. The molecule has 2 aliphatic carbocycles. The Balaban J connectivity index is 1.22. The molecule has 220 valence electrons. The molecule has 2 saturated heterocycles. The highest BCUT2D eigenvalue weighted by molar-refractivity contribution is 6.67. The van der Waals surface area contributed by atoms with Crippen LogP contribution in [0.15, 0.2) is 52.5 Å². The van der Waals surface area contributed by atoms with Crippen molar-refractivity contribution in [2.24, 2.45) is 17.8 Å². The van der Waals surface area contributed by atoms with Crippen LogP contribution in [0.4, 0.5) is 11.4 Å². The van der Waals surface area contributed by atoms with Crippen molar-refractivity contribution in [3.8, 4) is 11.5 Å². The first-order valence-corrected chi connectivity index (χ1v) is 14.9. The number of ether oxygens (including phenoxy) is 2. The van der Waals surface area contributed by atoms with E-state index >= 15 is 0 Å². The number of fused-ring (bicyclic) bond motifs is 5. The van der Waals surface area contributed by atoms with Crippen LogP contribution in [0.1, 0.15) is 12.0 Å². The Kier molecular flexibility index (Phi) is 7.04. The Bertz CT molecular complexity index is 1580. The molecule has 2 aliphatic heterocycles. The molecule has 2 aromatic carbocycles. The number of anilines is 2. The molecule has 2 aromatic rings. The van der Waals surface area contributed by atoms with Crippen molar-refractivity contribution in [1.82, 2.24) is 0 Å². The van der Waals surface area contributed by atoms with Gasteiger partial charge < -0.3 is 14.4 Å². The molecular formula is C28H20Cl6N2O6. The van der Waals surface area contributed by atoms with E-state index < -0.39 is 49.6 Å². The topological polar surface area (TPSA) is 93.2 Å². The number of amides is 3. The minimum atomic E-state index is -2.03. The summed E-state index contributed by atoms with van der Waals surface area (Å²) in [4.78, 5) is 51.7. The van der Waals surface area contributed by atoms with Gasteiger partial charge in [0.1, 0.15) is 21.2 Å². The minimum Gasteiger partial charge on any atom is -0.495 e. The summed E-state index contributed by atoms with van der Waals surface area (Å²) in [5.74, 6) is -4.79. The summed E-state index contributed by atoms with van der Waals surface area (Å²) in [7, 11) is 1.50. The highest BCUT2D eigenvalue weighted by Gasteiger charge is 2.87. The van der Waals surface area contributed by atoms with Crippen LogP contribution in [-0.2, 0) is 19.2 Å². The maximum absolute atomic E-state index is 13.7. The van der Waals surface area contributed by atoms with Gasteiger partial charge in [-0.3, -0.25) is 19.2 Å². The fraction of sp³-hybridized carbons (Fsp3) is 0.357. The van der Waals surface area contributed by atoms with Crippen LogP contribution in [0, 0.1) is 24.7 Å². The number of carbonyl (C=O) groups excluding carboxylic acids is 4. The molecule has 0 N–H and O–H groups in total. The summed E-state index contributed by atoms with van der Waals surface area (Å²) in [6, 6.07) is 11.4. The zero-order chi connectivity index (χ0) is 30.5. The summed E-state index contributed by atoms with van der Waals surface area (Å²) in [5.41, 5.74) is 1.22. The Labute approximate surface area is 270 Å². The molecule has 3 fully saturated rings. The molecule has 1 saturated carbocycles. The SMILES string of the molecule is COc1ccccc1N1C[C@H](C(=O)Oc2ccc(N3C(=O)[C@@H]4[C@H](C3=O)[C@@]3(Cl)C(Cl)=C(Cl)[C@@]4(Cl)C3(Cl)Cl)c(C)c2)CC1=O. The molecule has 4 aliphatic rings. The second kappa shape index (κ2) is 9.91. The van der Waals surface area contributed by atoms with Crippen LogP contribution in [0.5, 0.6) is 11.5 Å². The van der Waals surface area contributed by atoms with Crippen molar-refractivity contribution >= 4 is 105 Å². The lowest BCUT2D eigenvalue weighted by Gasteiger charge is -2.34. The molecule has 14 heteroatoms. The first-order valence-electron chi connectivity index (χ1n) is 12.7. The molecular weight excluding hydrogens is 673 g/mol. The fourth-order valence-corrected chi connectivity index (χ4v) is 9.25. The van der Waals surface area contributed by atoms with Gasteiger partial charge in [0.05, 0.1) is 46.3 Å². The smallest absolute Gasteiger partial charge is 0.316 e. The Morgan fingerprint density at radius 1 is 0.905 bits per heavy atom. The van der Waals surface area contributed by atoms with E-state index in [4.69, 9.17) is 79.1 Å². The van der Waals surface area contributed by atoms with Gasteiger partial charge in [-0.25, -0.2) is 4.90 Å². The monoisotopic (exact) mass is 690 g/mol. The predicted octanol–water partition coefficient (Wildman–Crippen LogP) is 5.91. The van der Waals surface area contributed by atoms with Crippen molar-refractivity contribution in [2.75, 3.05) is 23.5 Å². The van der Waals surface area contributed by atoms with Gasteiger partial charge in [-0.05, 0) is 42.8 Å². The van der Waals surface area contributed by atoms with Crippen molar-refractivity contribution in [1.29, 1.82) is 0 Å². The Morgan fingerprint density at radius 2 is 1.50 bits per heavy atom. The molecule has 2 bridgehead atoms. The molecule has 0 spiro atoms. The predicted molar refractivity (Wildman–Crippen MR) is 160 cm³/mol. The first-order chi connectivity index (χ1) is 19.7. The molecule has 0 aromatic heterocycles. The van der Waals surface area contributed by atoms with E-state index in [0.717, 1.165) is 4.90 Å². The van der Waals surface area contributed by atoms with Crippen LogP contribution in [-0.4, -0.2) is 51.4 Å². The van der Waals surface area contributed by atoms with Crippen LogP contribution in [0.25, 0.3) is 0 Å². The largest absolute Gasteiger partial charge is 0.495 e. The van der Waals surface area contributed by atoms with Gasteiger partial charge in [-0.15, -0.1) is 23.2 Å². The van der Waals surface area contributed by atoms with Gasteiger partial charge in [0, 0.05) is 13.0 Å². The summed E-state index contributed by atoms with van der Waals surface area (Å²) in [6.45, 7) is 1.76. The number of carbonyl (C=O) groups is 4. The highest BCUT2D eigenvalue weighted by atomic mass is 35.5. The standard InChI is InChI=1S/C28H20Cl6N2O6/c1-12-9-14(42-25(40)13-10-18(37)35(11-13)16-5-3-4-6-17(16)41-2)7-8-15(12)36-23(38)19-20(24(36)39)27(32)22(30)21(29)26(19,31)28(27,33)34/h3-9,13,19-20H,10-11H2,1-2H3/t13-,19-,20+,26-,27-/m1/s1. The van der Waals surface area contributed by atoms with Crippen molar-refractivity contribution < 1.29 is 28.7 Å². The van der Waals surface area contributed by atoms with Crippen LogP contribution >= 0.6 is 69.6 Å². The Hall–Kier alpha value is -2.20. The number of imide groups is 1. The number of rotatable bonds is 5. The number of hydrogen-bond donors (Lipinski definition) is 0. The number of para-hydroxylation sites is 2. The van der Waals surface area contributed by atoms with Crippen molar-refractivity contribution in [2.45, 2.75) is 27.4 Å². The van der Waals surface area contributed by atoms with Crippen LogP contribution in [0.3, 0.4) is 0 Å². The second-order valence-electron chi connectivity index (χ2n) is 10.5. The van der Waals surface area contributed by atoms with Crippen molar-refractivity contribution in [3.63, 3.8) is 0 Å². The molecule has 2 heterocycles. The maximum Gasteiger partial charge on any atom is 0.316 e. The molecule has 0 radical (unpaired) electrons. The summed E-state index contributed by atoms with van der Waals surface area (Å²) >= 11 is 39.4. The molecule has 3 amide bonds. The normalized spacial score (nSPS) is 31.3. The third-order valence-electron chi connectivity index (χ3n) is 8.37. The van der Waals surface area contributed by atoms with Gasteiger partial charge in [0.2, 0.25) is 17.7 Å². The molecule has 42 heavy (non-hydrogen) atoms. The number of benzene rings is 2. The lowest BCUT2D eigenvalue weighted by atomic mass is 9.84. The third-order valence-corrected chi connectivity index (χ3v) is 12.6. The number of hydrogen-bond acceptors (Lipinski definition) is 6.